The number of morpholine rings is 1. The van der Waals surface area contributed by atoms with E-state index >= 15 is 0 Å². The molecule has 1 aromatic carbocycles. The highest BCUT2D eigenvalue weighted by atomic mass is 35.5. The zero-order chi connectivity index (χ0) is 13.2. The fourth-order valence-corrected chi connectivity index (χ4v) is 3.49. The number of halogens is 1. The third-order valence-corrected chi connectivity index (χ3v) is 5.05. The Morgan fingerprint density at radius 3 is 2.56 bits per heavy atom. The lowest BCUT2D eigenvalue weighted by atomic mass is 10.2. The average molecular weight is 292 g/mol. The van der Waals surface area contributed by atoms with Gasteiger partial charge < -0.3 is 9.84 Å². The van der Waals surface area contributed by atoms with Crippen molar-refractivity contribution in [2.75, 3.05) is 26.3 Å². The summed E-state index contributed by atoms with van der Waals surface area (Å²) in [6.07, 6.45) is 0. The molecule has 1 aliphatic heterocycles. The lowest BCUT2D eigenvalue weighted by Gasteiger charge is -2.26. The fraction of sp³-hybridized carbons (Fsp3) is 0.455. The minimum atomic E-state index is -3.52. The number of aliphatic hydroxyl groups is 1. The molecule has 0 bridgehead atoms. The first-order chi connectivity index (χ1) is 8.55. The number of benzene rings is 1. The van der Waals surface area contributed by atoms with Crippen LogP contribution < -0.4 is 0 Å². The fourth-order valence-electron chi connectivity index (χ4n) is 1.75. The second-order valence-corrected chi connectivity index (χ2v) is 6.27. The molecule has 100 valence electrons. The van der Waals surface area contributed by atoms with E-state index in [0.29, 0.717) is 31.9 Å². The van der Waals surface area contributed by atoms with E-state index in [-0.39, 0.29) is 16.5 Å². The molecule has 1 N–H and O–H groups in total. The van der Waals surface area contributed by atoms with Gasteiger partial charge in [0.15, 0.2) is 0 Å². The summed E-state index contributed by atoms with van der Waals surface area (Å²) in [7, 11) is -3.52. The van der Waals surface area contributed by atoms with Crippen LogP contribution in [0.15, 0.2) is 23.1 Å². The number of rotatable bonds is 3. The molecule has 0 atom stereocenters. The highest BCUT2D eigenvalue weighted by molar-refractivity contribution is 7.89. The second-order valence-electron chi connectivity index (χ2n) is 3.93. The van der Waals surface area contributed by atoms with Gasteiger partial charge in [-0.3, -0.25) is 0 Å². The third-order valence-electron chi connectivity index (χ3n) is 2.80. The summed E-state index contributed by atoms with van der Waals surface area (Å²) in [5.41, 5.74) is 0.512. The van der Waals surface area contributed by atoms with E-state index < -0.39 is 10.0 Å². The maximum Gasteiger partial charge on any atom is 0.243 e. The second kappa shape index (κ2) is 5.54. The number of sulfonamides is 1. The summed E-state index contributed by atoms with van der Waals surface area (Å²) in [4.78, 5) is 0.145. The first-order valence-electron chi connectivity index (χ1n) is 5.53. The van der Waals surface area contributed by atoms with Gasteiger partial charge >= 0.3 is 0 Å². The maximum absolute atomic E-state index is 12.3. The van der Waals surface area contributed by atoms with Gasteiger partial charge in [-0.15, -0.1) is 0 Å². The van der Waals surface area contributed by atoms with Crippen molar-refractivity contribution in [3.05, 3.63) is 28.8 Å². The Balaban J connectivity index is 2.32. The molecule has 2 rings (SSSR count). The van der Waals surface area contributed by atoms with E-state index in [1.807, 2.05) is 0 Å². The van der Waals surface area contributed by atoms with Crippen LogP contribution in [-0.4, -0.2) is 44.1 Å². The molecular weight excluding hydrogens is 278 g/mol. The summed E-state index contributed by atoms with van der Waals surface area (Å²) >= 11 is 5.91. The van der Waals surface area contributed by atoms with Crippen LogP contribution in [0.5, 0.6) is 0 Å². The highest BCUT2D eigenvalue weighted by Crippen LogP contribution is 2.23. The van der Waals surface area contributed by atoms with Crippen LogP contribution in [0.3, 0.4) is 0 Å². The number of nitrogens with zero attached hydrogens (tertiary/aromatic N) is 1. The zero-order valence-electron chi connectivity index (χ0n) is 9.67. The summed E-state index contributed by atoms with van der Waals surface area (Å²) in [6, 6.07) is 4.36. The molecule has 5 nitrogen and oxygen atoms in total. The molecule has 1 heterocycles. The molecule has 0 spiro atoms. The first-order valence-corrected chi connectivity index (χ1v) is 7.34. The molecule has 0 aliphatic carbocycles. The Kier molecular flexibility index (Phi) is 4.24. The van der Waals surface area contributed by atoms with Gasteiger partial charge in [0.25, 0.3) is 0 Å². The van der Waals surface area contributed by atoms with Crippen molar-refractivity contribution in [3.8, 4) is 0 Å². The molecule has 1 saturated heterocycles. The van der Waals surface area contributed by atoms with Crippen LogP contribution in [0.1, 0.15) is 5.56 Å². The average Bonchev–Trinajstić information content (AvgIpc) is 2.39. The quantitative estimate of drug-likeness (QED) is 0.897. The number of hydrogen-bond acceptors (Lipinski definition) is 4. The van der Waals surface area contributed by atoms with Crippen LogP contribution in [0, 0.1) is 0 Å². The van der Waals surface area contributed by atoms with Crippen molar-refractivity contribution in [2.45, 2.75) is 11.5 Å². The van der Waals surface area contributed by atoms with Crippen molar-refractivity contribution in [1.82, 2.24) is 4.31 Å². The number of ether oxygens (including phenoxy) is 1. The lowest BCUT2D eigenvalue weighted by Crippen LogP contribution is -2.40. The minimum Gasteiger partial charge on any atom is -0.392 e. The summed E-state index contributed by atoms with van der Waals surface area (Å²) in [5.74, 6) is 0. The predicted molar refractivity (Wildman–Crippen MR) is 67.0 cm³/mol. The maximum atomic E-state index is 12.3. The van der Waals surface area contributed by atoms with Gasteiger partial charge in [-0.2, -0.15) is 4.31 Å². The molecule has 1 aromatic rings. The summed E-state index contributed by atoms with van der Waals surface area (Å²) in [6.45, 7) is 1.30. The van der Waals surface area contributed by atoms with E-state index in [4.69, 9.17) is 21.4 Å². The largest absolute Gasteiger partial charge is 0.392 e. The van der Waals surface area contributed by atoms with Gasteiger partial charge in [0.2, 0.25) is 10.0 Å². The van der Waals surface area contributed by atoms with E-state index in [1.165, 1.54) is 22.5 Å². The van der Waals surface area contributed by atoms with E-state index in [1.54, 1.807) is 0 Å². The summed E-state index contributed by atoms with van der Waals surface area (Å²) < 4.78 is 31.1. The van der Waals surface area contributed by atoms with Crippen molar-refractivity contribution in [2.24, 2.45) is 0 Å². The molecule has 0 aromatic heterocycles. The number of aliphatic hydroxyl groups excluding tert-OH is 1. The van der Waals surface area contributed by atoms with Gasteiger partial charge in [0, 0.05) is 18.1 Å². The SMILES string of the molecule is O=S(=O)(c1ccc(CO)c(Cl)c1)N1CCOCC1. The summed E-state index contributed by atoms with van der Waals surface area (Å²) in [5, 5.41) is 9.26. The Hall–Kier alpha value is -0.660. The molecular formula is C11H14ClNO4S. The van der Waals surface area contributed by atoms with E-state index in [2.05, 4.69) is 0 Å². The highest BCUT2D eigenvalue weighted by Gasteiger charge is 2.26. The van der Waals surface area contributed by atoms with Gasteiger partial charge in [0.05, 0.1) is 24.7 Å². The van der Waals surface area contributed by atoms with Crippen LogP contribution >= 0.6 is 11.6 Å². The molecule has 7 heteroatoms. The van der Waals surface area contributed by atoms with E-state index in [0.717, 1.165) is 0 Å². The van der Waals surface area contributed by atoms with Crippen LogP contribution in [0.25, 0.3) is 0 Å². The first kappa shape index (κ1) is 13.8. The molecule has 1 fully saturated rings. The Labute approximate surface area is 111 Å². The number of hydrogen-bond donors (Lipinski definition) is 1. The van der Waals surface area contributed by atoms with Crippen LogP contribution in [0.2, 0.25) is 5.02 Å². The zero-order valence-corrected chi connectivity index (χ0v) is 11.2. The van der Waals surface area contributed by atoms with Crippen molar-refractivity contribution < 1.29 is 18.3 Å². The molecule has 0 saturated carbocycles. The molecule has 1 aliphatic rings. The van der Waals surface area contributed by atoms with Crippen molar-refractivity contribution in [3.63, 3.8) is 0 Å². The molecule has 18 heavy (non-hydrogen) atoms. The predicted octanol–water partition coefficient (Wildman–Crippen LogP) is 0.853. The smallest absolute Gasteiger partial charge is 0.243 e. The van der Waals surface area contributed by atoms with Crippen LogP contribution in [0.4, 0.5) is 0 Å². The standard InChI is InChI=1S/C11H14ClNO4S/c12-11-7-10(2-1-9(11)8-14)18(15,16)13-3-5-17-6-4-13/h1-2,7,14H,3-6,8H2. The third kappa shape index (κ3) is 2.67. The van der Waals surface area contributed by atoms with Crippen molar-refractivity contribution in [1.29, 1.82) is 0 Å². The van der Waals surface area contributed by atoms with Gasteiger partial charge in [-0.1, -0.05) is 17.7 Å². The topological polar surface area (TPSA) is 66.8 Å². The normalized spacial score (nSPS) is 17.9. The van der Waals surface area contributed by atoms with Gasteiger partial charge in [-0.05, 0) is 17.7 Å². The monoisotopic (exact) mass is 291 g/mol. The Morgan fingerprint density at radius 1 is 1.33 bits per heavy atom. The lowest BCUT2D eigenvalue weighted by molar-refractivity contribution is 0.0730. The molecule has 0 radical (unpaired) electrons. The van der Waals surface area contributed by atoms with E-state index in [9.17, 15) is 8.42 Å². The Morgan fingerprint density at radius 2 is 2.00 bits per heavy atom. The van der Waals surface area contributed by atoms with Gasteiger partial charge in [-0.25, -0.2) is 8.42 Å². The molecule has 0 unspecified atom stereocenters. The molecule has 0 amide bonds. The van der Waals surface area contributed by atoms with Crippen molar-refractivity contribution >= 4 is 21.6 Å². The van der Waals surface area contributed by atoms with Gasteiger partial charge in [0.1, 0.15) is 0 Å². The van der Waals surface area contributed by atoms with Crippen LogP contribution in [-0.2, 0) is 21.4 Å². The minimum absolute atomic E-state index is 0.145. The Bertz CT molecular complexity index is 526.